The number of carbonyl (C=O) groups is 1. The van der Waals surface area contributed by atoms with Crippen LogP contribution in [-0.2, 0) is 4.79 Å². The Morgan fingerprint density at radius 3 is 2.81 bits per heavy atom. The zero-order valence-corrected chi connectivity index (χ0v) is 15.7. The van der Waals surface area contributed by atoms with Gasteiger partial charge in [-0.15, -0.1) is 0 Å². The Morgan fingerprint density at radius 2 is 2.04 bits per heavy atom. The van der Waals surface area contributed by atoms with Gasteiger partial charge in [0.05, 0.1) is 0 Å². The van der Waals surface area contributed by atoms with Crippen LogP contribution in [0, 0.1) is 11.8 Å². The molecule has 7 nitrogen and oxygen atoms in total. The van der Waals surface area contributed by atoms with Crippen LogP contribution in [0.2, 0.25) is 0 Å². The molecule has 0 radical (unpaired) electrons. The van der Waals surface area contributed by atoms with Crippen LogP contribution in [0.1, 0.15) is 57.9 Å². The van der Waals surface area contributed by atoms with E-state index in [2.05, 4.69) is 29.3 Å². The molecule has 1 amide bonds. The van der Waals surface area contributed by atoms with Crippen molar-refractivity contribution in [3.63, 3.8) is 0 Å². The summed E-state index contributed by atoms with van der Waals surface area (Å²) in [6.07, 6.45) is 5.08. The average Bonchev–Trinajstić information content (AvgIpc) is 3.45. The number of nitrogens with zero attached hydrogens (tertiary/aromatic N) is 2. The van der Waals surface area contributed by atoms with Gasteiger partial charge >= 0.3 is 0 Å². The van der Waals surface area contributed by atoms with Crippen LogP contribution in [-0.4, -0.2) is 22.8 Å². The van der Waals surface area contributed by atoms with E-state index in [4.69, 9.17) is 14.0 Å². The first-order chi connectivity index (χ1) is 13.2. The molecule has 2 heterocycles. The van der Waals surface area contributed by atoms with E-state index in [0.29, 0.717) is 23.2 Å². The fourth-order valence-electron chi connectivity index (χ4n) is 3.66. The number of ether oxygens (including phenoxy) is 2. The number of rotatable bonds is 6. The standard InChI is InChI=1S/C20H25N3O4/c1-3-12(2)17(21-19(24)13-6-4-5-7-13)20-22-18(23-27-20)14-8-9-15-16(10-14)26-11-25-15/h8-10,12-13,17H,3-7,11H2,1-2H3,(H,21,24)/t12-,17+/m1/s1. The van der Waals surface area contributed by atoms with Crippen molar-refractivity contribution in [2.75, 3.05) is 6.79 Å². The molecule has 1 N–H and O–H groups in total. The van der Waals surface area contributed by atoms with E-state index in [1.165, 1.54) is 0 Å². The molecular weight excluding hydrogens is 346 g/mol. The highest BCUT2D eigenvalue weighted by Gasteiger charge is 2.30. The van der Waals surface area contributed by atoms with Gasteiger partial charge in [-0.1, -0.05) is 38.3 Å². The molecule has 1 aliphatic heterocycles. The monoisotopic (exact) mass is 371 g/mol. The fraction of sp³-hybridized carbons (Fsp3) is 0.550. The number of carbonyl (C=O) groups excluding carboxylic acids is 1. The second kappa shape index (κ2) is 7.58. The maximum Gasteiger partial charge on any atom is 0.249 e. The average molecular weight is 371 g/mol. The molecular formula is C20H25N3O4. The molecule has 144 valence electrons. The van der Waals surface area contributed by atoms with Crippen LogP contribution < -0.4 is 14.8 Å². The van der Waals surface area contributed by atoms with Crippen molar-refractivity contribution >= 4 is 5.91 Å². The van der Waals surface area contributed by atoms with E-state index in [-0.39, 0.29) is 30.6 Å². The van der Waals surface area contributed by atoms with E-state index in [9.17, 15) is 4.79 Å². The van der Waals surface area contributed by atoms with Crippen LogP contribution in [0.3, 0.4) is 0 Å². The van der Waals surface area contributed by atoms with Crippen LogP contribution in [0.25, 0.3) is 11.4 Å². The smallest absolute Gasteiger partial charge is 0.249 e. The van der Waals surface area contributed by atoms with Crippen molar-refractivity contribution < 1.29 is 18.8 Å². The van der Waals surface area contributed by atoms with Gasteiger partial charge in [0.25, 0.3) is 0 Å². The molecule has 1 aromatic heterocycles. The molecule has 0 saturated heterocycles. The SMILES string of the molecule is CC[C@@H](C)[C@H](NC(=O)C1CCCC1)c1nc(-c2ccc3c(c2)OCO3)no1. The molecule has 2 aliphatic rings. The second-order valence-electron chi connectivity index (χ2n) is 7.38. The molecule has 4 rings (SSSR count). The van der Waals surface area contributed by atoms with Crippen molar-refractivity contribution in [3.05, 3.63) is 24.1 Å². The van der Waals surface area contributed by atoms with Gasteiger partial charge < -0.3 is 19.3 Å². The fourth-order valence-corrected chi connectivity index (χ4v) is 3.66. The first-order valence-corrected chi connectivity index (χ1v) is 9.69. The largest absolute Gasteiger partial charge is 0.454 e. The lowest BCUT2D eigenvalue weighted by atomic mass is 9.97. The topological polar surface area (TPSA) is 86.5 Å². The number of amides is 1. The van der Waals surface area contributed by atoms with E-state index in [0.717, 1.165) is 37.7 Å². The number of hydrogen-bond donors (Lipinski definition) is 1. The minimum Gasteiger partial charge on any atom is -0.454 e. The maximum atomic E-state index is 12.6. The molecule has 0 unspecified atom stereocenters. The summed E-state index contributed by atoms with van der Waals surface area (Å²) in [4.78, 5) is 17.2. The Bertz CT molecular complexity index is 813. The van der Waals surface area contributed by atoms with Crippen molar-refractivity contribution in [3.8, 4) is 22.9 Å². The van der Waals surface area contributed by atoms with Gasteiger partial charge in [0, 0.05) is 11.5 Å². The molecule has 2 aromatic rings. The third-order valence-electron chi connectivity index (χ3n) is 5.58. The zero-order valence-electron chi connectivity index (χ0n) is 15.7. The second-order valence-corrected chi connectivity index (χ2v) is 7.38. The Labute approximate surface area is 158 Å². The van der Waals surface area contributed by atoms with Gasteiger partial charge in [-0.2, -0.15) is 4.98 Å². The summed E-state index contributed by atoms with van der Waals surface area (Å²) < 4.78 is 16.3. The van der Waals surface area contributed by atoms with Gasteiger partial charge in [0.1, 0.15) is 6.04 Å². The first kappa shape index (κ1) is 17.8. The van der Waals surface area contributed by atoms with E-state index >= 15 is 0 Å². The summed E-state index contributed by atoms with van der Waals surface area (Å²) in [5.41, 5.74) is 0.791. The molecule has 1 aromatic carbocycles. The number of hydrogen-bond acceptors (Lipinski definition) is 6. The Hall–Kier alpha value is -2.57. The quantitative estimate of drug-likeness (QED) is 0.830. The minimum atomic E-state index is -0.279. The van der Waals surface area contributed by atoms with Crippen LogP contribution in [0.15, 0.2) is 22.7 Å². The van der Waals surface area contributed by atoms with Crippen molar-refractivity contribution in [2.45, 2.75) is 52.0 Å². The van der Waals surface area contributed by atoms with Gasteiger partial charge in [0.15, 0.2) is 11.5 Å². The first-order valence-electron chi connectivity index (χ1n) is 9.69. The summed E-state index contributed by atoms with van der Waals surface area (Å²) in [5, 5.41) is 7.27. The van der Waals surface area contributed by atoms with Crippen molar-refractivity contribution in [1.29, 1.82) is 0 Å². The van der Waals surface area contributed by atoms with Gasteiger partial charge in [-0.25, -0.2) is 0 Å². The van der Waals surface area contributed by atoms with Crippen molar-refractivity contribution in [2.24, 2.45) is 11.8 Å². The third kappa shape index (κ3) is 3.63. The number of aromatic nitrogens is 2. The Balaban J connectivity index is 1.55. The number of fused-ring (bicyclic) bond motifs is 1. The van der Waals surface area contributed by atoms with E-state index in [1.807, 2.05) is 18.2 Å². The van der Waals surface area contributed by atoms with E-state index < -0.39 is 0 Å². The molecule has 1 saturated carbocycles. The van der Waals surface area contributed by atoms with E-state index in [1.54, 1.807) is 0 Å². The third-order valence-corrected chi connectivity index (χ3v) is 5.58. The molecule has 1 fully saturated rings. The summed E-state index contributed by atoms with van der Waals surface area (Å²) in [7, 11) is 0. The summed E-state index contributed by atoms with van der Waals surface area (Å²) >= 11 is 0. The van der Waals surface area contributed by atoms with Gasteiger partial charge in [-0.05, 0) is 37.0 Å². The molecule has 27 heavy (non-hydrogen) atoms. The van der Waals surface area contributed by atoms with Crippen LogP contribution >= 0.6 is 0 Å². The zero-order chi connectivity index (χ0) is 18.8. The molecule has 7 heteroatoms. The molecule has 1 aliphatic carbocycles. The summed E-state index contributed by atoms with van der Waals surface area (Å²) in [6.45, 7) is 4.40. The predicted molar refractivity (Wildman–Crippen MR) is 98.2 cm³/mol. The molecule has 0 spiro atoms. The Morgan fingerprint density at radius 1 is 1.26 bits per heavy atom. The predicted octanol–water partition coefficient (Wildman–Crippen LogP) is 3.86. The highest BCUT2D eigenvalue weighted by Crippen LogP contribution is 2.36. The normalized spacial score (nSPS) is 18.4. The highest BCUT2D eigenvalue weighted by atomic mass is 16.7. The maximum absolute atomic E-state index is 12.6. The Kier molecular flexibility index (Phi) is 5.01. The number of nitrogens with one attached hydrogen (secondary N) is 1. The summed E-state index contributed by atoms with van der Waals surface area (Å²) in [5.74, 6) is 2.71. The lowest BCUT2D eigenvalue weighted by molar-refractivity contribution is -0.126. The molecule has 2 atom stereocenters. The lowest BCUT2D eigenvalue weighted by Crippen LogP contribution is -2.36. The lowest BCUT2D eigenvalue weighted by Gasteiger charge is -2.22. The van der Waals surface area contributed by atoms with Gasteiger partial charge in [0.2, 0.25) is 24.4 Å². The molecule has 0 bridgehead atoms. The summed E-state index contributed by atoms with van der Waals surface area (Å²) in [6, 6.07) is 5.27. The van der Waals surface area contributed by atoms with Gasteiger partial charge in [-0.3, -0.25) is 4.79 Å². The minimum absolute atomic E-state index is 0.0978. The highest BCUT2D eigenvalue weighted by molar-refractivity contribution is 5.79. The van der Waals surface area contributed by atoms with Crippen molar-refractivity contribution in [1.82, 2.24) is 15.5 Å². The number of benzene rings is 1. The van der Waals surface area contributed by atoms with Crippen LogP contribution in [0.5, 0.6) is 11.5 Å². The van der Waals surface area contributed by atoms with Crippen LogP contribution in [0.4, 0.5) is 0 Å².